The summed E-state index contributed by atoms with van der Waals surface area (Å²) in [4.78, 5) is 37.7. The Morgan fingerprint density at radius 3 is 2.76 bits per heavy atom. The largest absolute Gasteiger partial charge is 0.462 e. The minimum atomic E-state index is -0.455. The third-order valence-corrected chi connectivity index (χ3v) is 5.71. The van der Waals surface area contributed by atoms with Crippen LogP contribution in [0.3, 0.4) is 0 Å². The molecule has 1 saturated heterocycles. The molecule has 3 rings (SSSR count). The predicted molar refractivity (Wildman–Crippen MR) is 112 cm³/mol. The number of ether oxygens (including phenoxy) is 1. The molecule has 1 aromatic heterocycles. The number of esters is 1. The van der Waals surface area contributed by atoms with Gasteiger partial charge in [0.1, 0.15) is 10.6 Å². The van der Waals surface area contributed by atoms with E-state index in [9.17, 15) is 14.4 Å². The summed E-state index contributed by atoms with van der Waals surface area (Å²) in [6, 6.07) is 6.04. The van der Waals surface area contributed by atoms with E-state index < -0.39 is 5.97 Å². The van der Waals surface area contributed by atoms with Crippen LogP contribution in [0.1, 0.15) is 28.4 Å². The van der Waals surface area contributed by atoms with Gasteiger partial charge in [-0.1, -0.05) is 23.8 Å². The first-order valence-corrected chi connectivity index (χ1v) is 10.5. The molecule has 1 aliphatic rings. The maximum Gasteiger partial charge on any atom is 0.341 e. The molecule has 0 saturated carbocycles. The van der Waals surface area contributed by atoms with Crippen LogP contribution < -0.4 is 15.5 Å². The van der Waals surface area contributed by atoms with Crippen LogP contribution in [0.4, 0.5) is 5.00 Å². The van der Waals surface area contributed by atoms with Crippen molar-refractivity contribution in [2.75, 3.05) is 38.1 Å². The maximum atomic E-state index is 12.7. The van der Waals surface area contributed by atoms with Crippen molar-refractivity contribution in [3.8, 4) is 11.1 Å². The molecule has 2 aromatic rings. The summed E-state index contributed by atoms with van der Waals surface area (Å²) in [7, 11) is 0. The van der Waals surface area contributed by atoms with Crippen LogP contribution in [0.25, 0.3) is 11.1 Å². The fraction of sp³-hybridized carbons (Fsp3) is 0.381. The fourth-order valence-corrected chi connectivity index (χ4v) is 4.44. The number of amides is 2. The zero-order chi connectivity index (χ0) is 21.0. The molecule has 1 fully saturated rings. The fourth-order valence-electron chi connectivity index (χ4n) is 3.48. The summed E-state index contributed by atoms with van der Waals surface area (Å²) in [5.41, 5.74) is 4.26. The average molecular weight is 417 g/mol. The first-order chi connectivity index (χ1) is 13.9. The minimum absolute atomic E-state index is 0.0560. The molecule has 2 amide bonds. The van der Waals surface area contributed by atoms with Gasteiger partial charge in [-0.3, -0.25) is 9.59 Å². The maximum absolute atomic E-state index is 12.7. The van der Waals surface area contributed by atoms with Crippen molar-refractivity contribution in [2.24, 2.45) is 0 Å². The van der Waals surface area contributed by atoms with Crippen LogP contribution in [0.2, 0.25) is 0 Å². The van der Waals surface area contributed by atoms with Crippen molar-refractivity contribution in [1.82, 2.24) is 5.32 Å². The number of hydrogen-bond donors (Lipinski definition) is 3. The lowest BCUT2D eigenvalue weighted by molar-refractivity contribution is -0.885. The first-order valence-electron chi connectivity index (χ1n) is 9.65. The van der Waals surface area contributed by atoms with E-state index in [1.54, 1.807) is 6.92 Å². The van der Waals surface area contributed by atoms with E-state index in [-0.39, 0.29) is 31.5 Å². The minimum Gasteiger partial charge on any atom is -0.462 e. The molecular weight excluding hydrogens is 390 g/mol. The summed E-state index contributed by atoms with van der Waals surface area (Å²) in [6.07, 6.45) is 0. The molecule has 7 nitrogen and oxygen atoms in total. The van der Waals surface area contributed by atoms with Crippen LogP contribution in [-0.4, -0.2) is 50.6 Å². The molecular formula is C21H26N3O4S+. The third-order valence-electron chi connectivity index (χ3n) is 4.82. The Balaban J connectivity index is 1.86. The summed E-state index contributed by atoms with van der Waals surface area (Å²) in [6.45, 7) is 7.73. The Morgan fingerprint density at radius 1 is 1.28 bits per heavy atom. The van der Waals surface area contributed by atoms with E-state index in [4.69, 9.17) is 4.74 Å². The highest BCUT2D eigenvalue weighted by Gasteiger charge is 2.26. The summed E-state index contributed by atoms with van der Waals surface area (Å²) < 4.78 is 5.26. The lowest BCUT2D eigenvalue weighted by Crippen LogP contribution is -3.16. The van der Waals surface area contributed by atoms with Gasteiger partial charge < -0.3 is 20.3 Å². The van der Waals surface area contributed by atoms with E-state index in [1.807, 2.05) is 31.4 Å². The molecule has 1 unspecified atom stereocenters. The lowest BCUT2D eigenvalue weighted by Gasteiger charge is -2.22. The highest BCUT2D eigenvalue weighted by molar-refractivity contribution is 7.15. The van der Waals surface area contributed by atoms with Gasteiger partial charge in [-0.2, -0.15) is 0 Å². The number of benzene rings is 1. The molecule has 0 aliphatic carbocycles. The van der Waals surface area contributed by atoms with Gasteiger partial charge in [0.15, 0.2) is 13.1 Å². The van der Waals surface area contributed by atoms with E-state index in [2.05, 4.69) is 16.7 Å². The van der Waals surface area contributed by atoms with Crippen molar-refractivity contribution >= 4 is 34.1 Å². The van der Waals surface area contributed by atoms with Crippen molar-refractivity contribution in [3.63, 3.8) is 0 Å². The Morgan fingerprint density at radius 2 is 2.07 bits per heavy atom. The van der Waals surface area contributed by atoms with E-state index in [0.29, 0.717) is 23.7 Å². The Bertz CT molecular complexity index is 938. The number of thiophene rings is 1. The van der Waals surface area contributed by atoms with Gasteiger partial charge in [-0.15, -0.1) is 11.3 Å². The lowest BCUT2D eigenvalue weighted by atomic mass is 9.97. The number of carbonyl (C=O) groups is 3. The molecule has 0 bridgehead atoms. The highest BCUT2D eigenvalue weighted by atomic mass is 32.1. The van der Waals surface area contributed by atoms with Gasteiger partial charge in [-0.05, 0) is 31.9 Å². The molecule has 154 valence electrons. The number of aryl methyl sites for hydroxylation is 2. The standard InChI is InChI=1S/C21H25N3O4S/c1-4-28-21(27)19-16(15-6-5-13(2)9-14(15)3)12-29-20(19)23-18(26)11-24-8-7-22-17(25)10-24/h5-6,9,12H,4,7-8,10-11H2,1-3H3,(H,22,25)(H,23,26)/p+1. The number of quaternary nitrogens is 1. The summed E-state index contributed by atoms with van der Waals surface area (Å²) in [5.74, 6) is -0.738. The highest BCUT2D eigenvalue weighted by Crippen LogP contribution is 2.37. The van der Waals surface area contributed by atoms with Gasteiger partial charge >= 0.3 is 5.97 Å². The number of rotatable bonds is 6. The number of anilines is 1. The van der Waals surface area contributed by atoms with Crippen LogP contribution >= 0.6 is 11.3 Å². The molecule has 1 atom stereocenters. The smallest absolute Gasteiger partial charge is 0.341 e. The monoisotopic (exact) mass is 416 g/mol. The van der Waals surface area contributed by atoms with Crippen molar-refractivity contribution in [2.45, 2.75) is 20.8 Å². The van der Waals surface area contributed by atoms with E-state index in [1.165, 1.54) is 11.3 Å². The van der Waals surface area contributed by atoms with E-state index in [0.717, 1.165) is 27.2 Å². The third kappa shape index (κ3) is 5.02. The van der Waals surface area contributed by atoms with Gasteiger partial charge in [0.2, 0.25) is 0 Å². The number of nitrogens with one attached hydrogen (secondary N) is 3. The Hall–Kier alpha value is -2.71. The SMILES string of the molecule is CCOC(=O)c1c(-c2ccc(C)cc2C)csc1NC(=O)C[NH+]1CCNC(=O)C1. The number of piperazine rings is 1. The second kappa shape index (κ2) is 9.19. The second-order valence-corrected chi connectivity index (χ2v) is 8.02. The zero-order valence-electron chi connectivity index (χ0n) is 16.9. The van der Waals surface area contributed by atoms with Crippen LogP contribution in [0.5, 0.6) is 0 Å². The molecule has 8 heteroatoms. The van der Waals surface area contributed by atoms with Gasteiger partial charge in [0.25, 0.3) is 11.8 Å². The molecule has 1 aromatic carbocycles. The van der Waals surface area contributed by atoms with Crippen LogP contribution in [0.15, 0.2) is 23.6 Å². The first kappa shape index (κ1) is 21.0. The predicted octanol–water partition coefficient (Wildman–Crippen LogP) is 1.16. The topological polar surface area (TPSA) is 88.9 Å². The molecule has 2 heterocycles. The van der Waals surface area contributed by atoms with Gasteiger partial charge in [0.05, 0.1) is 19.7 Å². The molecule has 0 radical (unpaired) electrons. The normalized spacial score (nSPS) is 16.2. The number of hydrogen-bond acceptors (Lipinski definition) is 5. The summed E-state index contributed by atoms with van der Waals surface area (Å²) in [5, 5.41) is 7.96. The molecule has 0 spiro atoms. The number of carbonyl (C=O) groups excluding carboxylic acids is 3. The zero-order valence-corrected chi connectivity index (χ0v) is 17.7. The van der Waals surface area contributed by atoms with E-state index >= 15 is 0 Å². The van der Waals surface area contributed by atoms with Crippen molar-refractivity contribution < 1.29 is 24.0 Å². The van der Waals surface area contributed by atoms with Gasteiger partial charge in [0, 0.05) is 10.9 Å². The second-order valence-electron chi connectivity index (χ2n) is 7.14. The molecule has 1 aliphatic heterocycles. The van der Waals surface area contributed by atoms with Crippen molar-refractivity contribution in [3.05, 3.63) is 40.3 Å². The molecule has 3 N–H and O–H groups in total. The van der Waals surface area contributed by atoms with Crippen LogP contribution in [-0.2, 0) is 14.3 Å². The Labute approximate surface area is 174 Å². The van der Waals surface area contributed by atoms with Crippen molar-refractivity contribution in [1.29, 1.82) is 0 Å². The van der Waals surface area contributed by atoms with Crippen LogP contribution in [0, 0.1) is 13.8 Å². The molecule has 29 heavy (non-hydrogen) atoms. The summed E-state index contributed by atoms with van der Waals surface area (Å²) >= 11 is 1.31. The average Bonchev–Trinajstić information content (AvgIpc) is 3.05. The quantitative estimate of drug-likeness (QED) is 0.617. The Kier molecular flexibility index (Phi) is 6.66. The van der Waals surface area contributed by atoms with Gasteiger partial charge in [-0.25, -0.2) is 4.79 Å².